The first-order valence-electron chi connectivity index (χ1n) is 5.02. The lowest BCUT2D eigenvalue weighted by Crippen LogP contribution is -2.06. The fourth-order valence-electron chi connectivity index (χ4n) is 1.40. The minimum absolute atomic E-state index is 0.0274. The molecule has 0 fully saturated rings. The van der Waals surface area contributed by atoms with Gasteiger partial charge in [-0.1, -0.05) is 0 Å². The Labute approximate surface area is 93.9 Å². The van der Waals surface area contributed by atoms with Gasteiger partial charge in [-0.05, 0) is 37.6 Å². The molecule has 1 rings (SSSR count). The maximum absolute atomic E-state index is 11.4. The number of phenolic OH excluding ortho intramolecular Hbond substituents is 1. The number of hydrogen-bond acceptors (Lipinski definition) is 4. The molecule has 4 nitrogen and oxygen atoms in total. The number of carbonyl (C=O) groups excluding carboxylic acids is 2. The summed E-state index contributed by atoms with van der Waals surface area (Å²) in [6.07, 6.45) is 0.195. The zero-order valence-corrected chi connectivity index (χ0v) is 9.32. The summed E-state index contributed by atoms with van der Waals surface area (Å²) < 4.78 is 4.81. The Hall–Kier alpha value is -1.84. The molecule has 0 saturated heterocycles. The Morgan fingerprint density at radius 2 is 2.00 bits per heavy atom. The van der Waals surface area contributed by atoms with Crippen LogP contribution in [0.2, 0.25) is 0 Å². The van der Waals surface area contributed by atoms with Gasteiger partial charge in [0.05, 0.1) is 12.2 Å². The van der Waals surface area contributed by atoms with Crippen LogP contribution in [-0.4, -0.2) is 23.5 Å². The Morgan fingerprint density at radius 1 is 1.31 bits per heavy atom. The minimum atomic E-state index is -0.497. The van der Waals surface area contributed by atoms with Gasteiger partial charge < -0.3 is 9.84 Å². The quantitative estimate of drug-likeness (QED) is 0.787. The van der Waals surface area contributed by atoms with Crippen molar-refractivity contribution in [2.24, 2.45) is 0 Å². The summed E-state index contributed by atoms with van der Waals surface area (Å²) >= 11 is 0. The molecule has 0 bridgehead atoms. The monoisotopic (exact) mass is 222 g/mol. The molecule has 1 aromatic rings. The highest BCUT2D eigenvalue weighted by atomic mass is 16.5. The van der Waals surface area contributed by atoms with Crippen LogP contribution in [0.5, 0.6) is 5.75 Å². The van der Waals surface area contributed by atoms with Gasteiger partial charge in [-0.25, -0.2) is 4.79 Å². The van der Waals surface area contributed by atoms with Crippen LogP contribution < -0.4 is 0 Å². The normalized spacial score (nSPS) is 9.88. The van der Waals surface area contributed by atoms with Gasteiger partial charge in [0.2, 0.25) is 0 Å². The van der Waals surface area contributed by atoms with E-state index in [0.717, 1.165) is 0 Å². The molecule has 0 spiro atoms. The van der Waals surface area contributed by atoms with Crippen molar-refractivity contribution in [1.82, 2.24) is 0 Å². The lowest BCUT2D eigenvalue weighted by atomic mass is 10.1. The van der Waals surface area contributed by atoms with Crippen LogP contribution in [0.1, 0.15) is 29.8 Å². The zero-order chi connectivity index (χ0) is 12.1. The lowest BCUT2D eigenvalue weighted by molar-refractivity contribution is -0.116. The van der Waals surface area contributed by atoms with E-state index in [-0.39, 0.29) is 30.1 Å². The van der Waals surface area contributed by atoms with Crippen molar-refractivity contribution in [3.8, 4) is 5.75 Å². The SMILES string of the molecule is CCOC(=O)c1cc(O)cc(CC(C)=O)c1. The second-order valence-electron chi connectivity index (χ2n) is 3.49. The number of phenols is 1. The van der Waals surface area contributed by atoms with E-state index >= 15 is 0 Å². The molecule has 86 valence electrons. The van der Waals surface area contributed by atoms with Crippen LogP contribution in [0.4, 0.5) is 0 Å². The third kappa shape index (κ3) is 3.38. The van der Waals surface area contributed by atoms with E-state index in [0.29, 0.717) is 5.56 Å². The first kappa shape index (κ1) is 12.2. The summed E-state index contributed by atoms with van der Waals surface area (Å²) in [5.41, 5.74) is 0.869. The molecular formula is C12H14O4. The molecule has 0 aliphatic carbocycles. The molecule has 0 unspecified atom stereocenters. The number of ether oxygens (including phenoxy) is 1. The Balaban J connectivity index is 2.97. The number of hydrogen-bond donors (Lipinski definition) is 1. The molecule has 0 aromatic heterocycles. The predicted molar refractivity (Wildman–Crippen MR) is 58.4 cm³/mol. The van der Waals surface area contributed by atoms with Crippen LogP contribution in [0.25, 0.3) is 0 Å². The van der Waals surface area contributed by atoms with E-state index < -0.39 is 5.97 Å². The van der Waals surface area contributed by atoms with Gasteiger partial charge in [0, 0.05) is 6.42 Å². The predicted octanol–water partition coefficient (Wildman–Crippen LogP) is 1.70. The van der Waals surface area contributed by atoms with Crippen molar-refractivity contribution in [3.63, 3.8) is 0 Å². The highest BCUT2D eigenvalue weighted by molar-refractivity contribution is 5.90. The number of aromatic hydroxyl groups is 1. The van der Waals surface area contributed by atoms with Crippen LogP contribution in [0.3, 0.4) is 0 Å². The Morgan fingerprint density at radius 3 is 2.56 bits per heavy atom. The van der Waals surface area contributed by atoms with Gasteiger partial charge >= 0.3 is 5.97 Å². The molecule has 0 radical (unpaired) electrons. The van der Waals surface area contributed by atoms with Crippen LogP contribution in [0.15, 0.2) is 18.2 Å². The van der Waals surface area contributed by atoms with E-state index in [9.17, 15) is 14.7 Å². The van der Waals surface area contributed by atoms with Gasteiger partial charge in [-0.2, -0.15) is 0 Å². The largest absolute Gasteiger partial charge is 0.508 e. The lowest BCUT2D eigenvalue weighted by Gasteiger charge is -2.05. The first-order valence-corrected chi connectivity index (χ1v) is 5.02. The second-order valence-corrected chi connectivity index (χ2v) is 3.49. The average molecular weight is 222 g/mol. The van der Waals surface area contributed by atoms with Crippen molar-refractivity contribution in [1.29, 1.82) is 0 Å². The molecule has 0 atom stereocenters. The number of rotatable bonds is 4. The summed E-state index contributed by atoms with van der Waals surface area (Å²) in [5, 5.41) is 9.40. The number of carbonyl (C=O) groups is 2. The van der Waals surface area contributed by atoms with Crippen molar-refractivity contribution in [2.75, 3.05) is 6.61 Å². The van der Waals surface area contributed by atoms with E-state index in [2.05, 4.69) is 0 Å². The van der Waals surface area contributed by atoms with Gasteiger partial charge in [0.25, 0.3) is 0 Å². The van der Waals surface area contributed by atoms with Crippen LogP contribution in [-0.2, 0) is 16.0 Å². The van der Waals surface area contributed by atoms with Crippen LogP contribution >= 0.6 is 0 Å². The number of Topliss-reactive ketones (excluding diaryl/α,β-unsaturated/α-hetero) is 1. The summed E-state index contributed by atoms with van der Waals surface area (Å²) in [6.45, 7) is 3.43. The molecule has 16 heavy (non-hydrogen) atoms. The highest BCUT2D eigenvalue weighted by Crippen LogP contribution is 2.17. The summed E-state index contributed by atoms with van der Waals surface area (Å²) in [6, 6.07) is 4.34. The minimum Gasteiger partial charge on any atom is -0.508 e. The van der Waals surface area contributed by atoms with Crippen molar-refractivity contribution in [2.45, 2.75) is 20.3 Å². The molecule has 0 saturated carbocycles. The van der Waals surface area contributed by atoms with Gasteiger partial charge in [-0.15, -0.1) is 0 Å². The Kier molecular flexibility index (Phi) is 4.05. The summed E-state index contributed by atoms with van der Waals surface area (Å²) in [5.74, 6) is -0.564. The molecule has 0 aliphatic rings. The van der Waals surface area contributed by atoms with Crippen molar-refractivity contribution < 1.29 is 19.4 Å². The van der Waals surface area contributed by atoms with E-state index in [1.165, 1.54) is 19.1 Å². The zero-order valence-electron chi connectivity index (χ0n) is 9.32. The second kappa shape index (κ2) is 5.30. The van der Waals surface area contributed by atoms with Gasteiger partial charge in [-0.3, -0.25) is 4.79 Å². The molecule has 1 aromatic carbocycles. The van der Waals surface area contributed by atoms with Crippen molar-refractivity contribution >= 4 is 11.8 Å². The standard InChI is InChI=1S/C12H14O4/c1-3-16-12(15)10-5-9(4-8(2)13)6-11(14)7-10/h5-7,14H,3-4H2,1-2H3. The third-order valence-electron chi connectivity index (χ3n) is 1.94. The maximum atomic E-state index is 11.4. The molecule has 4 heteroatoms. The molecular weight excluding hydrogens is 208 g/mol. The number of benzene rings is 1. The van der Waals surface area contributed by atoms with E-state index in [4.69, 9.17) is 4.74 Å². The first-order chi connectivity index (χ1) is 7.52. The molecule has 0 heterocycles. The number of ketones is 1. The fraction of sp³-hybridized carbons (Fsp3) is 0.333. The van der Waals surface area contributed by atoms with E-state index in [1.807, 2.05) is 0 Å². The molecule has 0 amide bonds. The summed E-state index contributed by atoms with van der Waals surface area (Å²) in [7, 11) is 0. The van der Waals surface area contributed by atoms with Crippen molar-refractivity contribution in [3.05, 3.63) is 29.3 Å². The van der Waals surface area contributed by atoms with Gasteiger partial charge in [0.15, 0.2) is 0 Å². The van der Waals surface area contributed by atoms with Crippen LogP contribution in [0, 0.1) is 0 Å². The topological polar surface area (TPSA) is 63.6 Å². The Bertz CT molecular complexity index is 409. The highest BCUT2D eigenvalue weighted by Gasteiger charge is 2.10. The average Bonchev–Trinajstić information content (AvgIpc) is 2.15. The number of esters is 1. The maximum Gasteiger partial charge on any atom is 0.338 e. The third-order valence-corrected chi connectivity index (χ3v) is 1.94. The molecule has 1 N–H and O–H groups in total. The van der Waals surface area contributed by atoms with E-state index in [1.54, 1.807) is 13.0 Å². The summed E-state index contributed by atoms with van der Waals surface area (Å²) in [4.78, 5) is 22.4. The van der Waals surface area contributed by atoms with Gasteiger partial charge in [0.1, 0.15) is 11.5 Å². The fourth-order valence-corrected chi connectivity index (χ4v) is 1.40. The molecule has 0 aliphatic heterocycles. The smallest absolute Gasteiger partial charge is 0.338 e.